The smallest absolute Gasteiger partial charge is 0.226 e. The topological polar surface area (TPSA) is 132 Å². The predicted octanol–water partition coefficient (Wildman–Crippen LogP) is 4.26. The summed E-state index contributed by atoms with van der Waals surface area (Å²) in [7, 11) is 3.31. The van der Waals surface area contributed by atoms with Crippen LogP contribution in [0.15, 0.2) is 18.2 Å². The van der Waals surface area contributed by atoms with Gasteiger partial charge in [-0.25, -0.2) is 0 Å². The lowest BCUT2D eigenvalue weighted by molar-refractivity contribution is -0.133. The lowest BCUT2D eigenvalue weighted by atomic mass is 9.69. The summed E-state index contributed by atoms with van der Waals surface area (Å²) in [6, 6.07) is 5.71. The van der Waals surface area contributed by atoms with Crippen molar-refractivity contribution in [2.24, 2.45) is 28.9 Å². The van der Waals surface area contributed by atoms with E-state index in [0.717, 1.165) is 44.1 Å². The Bertz CT molecular complexity index is 952. The van der Waals surface area contributed by atoms with Crippen molar-refractivity contribution >= 4 is 24.2 Å². The minimum Gasteiger partial charge on any atom is -0.493 e. The van der Waals surface area contributed by atoms with E-state index < -0.39 is 17.6 Å². The summed E-state index contributed by atoms with van der Waals surface area (Å²) < 4.78 is 16.5. The Morgan fingerprint density at radius 1 is 1.10 bits per heavy atom. The van der Waals surface area contributed by atoms with Crippen LogP contribution in [0.25, 0.3) is 0 Å². The monoisotopic (exact) mass is 613 g/mol. The van der Waals surface area contributed by atoms with Crippen molar-refractivity contribution < 1.29 is 28.9 Å². The number of ether oxygens (including phenoxy) is 3. The van der Waals surface area contributed by atoms with E-state index in [-0.39, 0.29) is 48.6 Å². The maximum atomic E-state index is 13.2. The molecule has 1 aromatic carbocycles. The third-order valence-electron chi connectivity index (χ3n) is 8.70. The first kappa shape index (κ1) is 38.0. The molecule has 2 amide bonds. The van der Waals surface area contributed by atoms with Gasteiger partial charge in [0.2, 0.25) is 11.8 Å². The Morgan fingerprint density at radius 3 is 2.33 bits per heavy atom. The standard InChI is InChI=1S/C32H55N3O6.ClH/c1-21(2)24(17-23-9-14-29(40-7)30(18-23)41-16-8-15-39-6)19-27(33)28(37)20-34-31(38)32(4,5)25-10-12-26(13-11-25)35-22(3)36;/h9,14,18,21,24-28,37H,8,10-13,15-17,19-20,33H2,1-7H3,(H,34,38)(H,35,36);1H/t24-,25?,26?,27-,28-;/m0./s1. The van der Waals surface area contributed by atoms with Crippen LogP contribution in [0, 0.1) is 23.2 Å². The summed E-state index contributed by atoms with van der Waals surface area (Å²) in [5, 5.41) is 16.8. The number of carbonyl (C=O) groups is 2. The molecule has 0 spiro atoms. The Kier molecular flexibility index (Phi) is 16.8. The number of amides is 2. The molecule has 3 atom stereocenters. The van der Waals surface area contributed by atoms with E-state index in [1.54, 1.807) is 21.1 Å². The molecule has 0 radical (unpaired) electrons. The summed E-state index contributed by atoms with van der Waals surface area (Å²) in [6.07, 6.45) is 4.88. The van der Waals surface area contributed by atoms with Gasteiger partial charge in [-0.2, -0.15) is 0 Å². The third kappa shape index (κ3) is 11.9. The van der Waals surface area contributed by atoms with Crippen LogP contribution in [0.4, 0.5) is 0 Å². The highest BCUT2D eigenvalue weighted by Crippen LogP contribution is 2.38. The maximum absolute atomic E-state index is 13.2. The van der Waals surface area contributed by atoms with Gasteiger partial charge in [0.25, 0.3) is 0 Å². The number of nitrogens with two attached hydrogens (primary N) is 1. The Labute approximate surface area is 259 Å². The lowest BCUT2D eigenvalue weighted by Gasteiger charge is -2.38. The summed E-state index contributed by atoms with van der Waals surface area (Å²) in [5.41, 5.74) is 7.04. The molecule has 1 fully saturated rings. The molecule has 0 aliphatic heterocycles. The average molecular weight is 614 g/mol. The van der Waals surface area contributed by atoms with Gasteiger partial charge in [-0.1, -0.05) is 33.8 Å². The number of aliphatic hydroxyl groups is 1. The van der Waals surface area contributed by atoms with Crippen LogP contribution < -0.4 is 25.8 Å². The van der Waals surface area contributed by atoms with Gasteiger partial charge in [-0.3, -0.25) is 9.59 Å². The number of rotatable bonds is 17. The molecule has 1 aliphatic carbocycles. The zero-order chi connectivity index (χ0) is 30.6. The average Bonchev–Trinajstić information content (AvgIpc) is 2.93. The molecule has 10 heteroatoms. The number of methoxy groups -OCH3 is 2. The minimum absolute atomic E-state index is 0. The van der Waals surface area contributed by atoms with Crippen LogP contribution in [0.1, 0.15) is 78.7 Å². The molecule has 9 nitrogen and oxygen atoms in total. The fourth-order valence-corrected chi connectivity index (χ4v) is 5.76. The van der Waals surface area contributed by atoms with E-state index in [4.69, 9.17) is 19.9 Å². The van der Waals surface area contributed by atoms with Gasteiger partial charge in [0.05, 0.1) is 19.8 Å². The Hall–Kier alpha value is -2.07. The maximum Gasteiger partial charge on any atom is 0.226 e. The van der Waals surface area contributed by atoms with Gasteiger partial charge < -0.3 is 35.7 Å². The summed E-state index contributed by atoms with van der Waals surface area (Å²) in [6.45, 7) is 11.1. The van der Waals surface area contributed by atoms with Gasteiger partial charge in [0.1, 0.15) is 0 Å². The van der Waals surface area contributed by atoms with Gasteiger partial charge in [-0.05, 0) is 74.0 Å². The number of carbonyl (C=O) groups excluding carboxylic acids is 2. The highest BCUT2D eigenvalue weighted by molar-refractivity contribution is 5.85. The van der Waals surface area contributed by atoms with Crippen molar-refractivity contribution in [2.45, 2.75) is 97.8 Å². The second-order valence-electron chi connectivity index (χ2n) is 12.5. The van der Waals surface area contributed by atoms with Crippen molar-refractivity contribution in [1.29, 1.82) is 0 Å². The molecule has 242 valence electrons. The summed E-state index contributed by atoms with van der Waals surface area (Å²) in [5.74, 6) is 2.14. The van der Waals surface area contributed by atoms with Crippen molar-refractivity contribution in [3.63, 3.8) is 0 Å². The molecule has 2 rings (SSSR count). The minimum atomic E-state index is -0.845. The van der Waals surface area contributed by atoms with Crippen LogP contribution in [0.2, 0.25) is 0 Å². The number of hydrogen-bond acceptors (Lipinski definition) is 7. The van der Waals surface area contributed by atoms with Crippen molar-refractivity contribution in [3.05, 3.63) is 23.8 Å². The van der Waals surface area contributed by atoms with E-state index in [0.29, 0.717) is 37.1 Å². The van der Waals surface area contributed by atoms with Crippen molar-refractivity contribution in [1.82, 2.24) is 10.6 Å². The van der Waals surface area contributed by atoms with E-state index in [9.17, 15) is 14.7 Å². The quantitative estimate of drug-likeness (QED) is 0.193. The van der Waals surface area contributed by atoms with Crippen LogP contribution in [-0.4, -0.2) is 69.1 Å². The van der Waals surface area contributed by atoms with E-state index in [1.807, 2.05) is 32.0 Å². The van der Waals surface area contributed by atoms with Crippen LogP contribution >= 0.6 is 12.4 Å². The van der Waals surface area contributed by atoms with Gasteiger partial charge >= 0.3 is 0 Å². The molecule has 1 saturated carbocycles. The zero-order valence-electron chi connectivity index (χ0n) is 26.7. The molecule has 5 N–H and O–H groups in total. The first-order valence-corrected chi connectivity index (χ1v) is 15.2. The second kappa shape index (κ2) is 18.6. The SMILES string of the molecule is COCCCOc1cc(C[C@@H](C[C@H](N)[C@@H](O)CNC(=O)C(C)(C)C2CCC(NC(C)=O)CC2)C(C)C)ccc1OC.Cl. The van der Waals surface area contributed by atoms with E-state index in [2.05, 4.69) is 24.5 Å². The highest BCUT2D eigenvalue weighted by atomic mass is 35.5. The van der Waals surface area contributed by atoms with Crippen molar-refractivity contribution in [3.8, 4) is 11.5 Å². The summed E-state index contributed by atoms with van der Waals surface area (Å²) >= 11 is 0. The molecule has 1 aliphatic rings. The van der Waals surface area contributed by atoms with Gasteiger partial charge in [0.15, 0.2) is 11.5 Å². The Morgan fingerprint density at radius 2 is 1.76 bits per heavy atom. The lowest BCUT2D eigenvalue weighted by Crippen LogP contribution is -2.50. The highest BCUT2D eigenvalue weighted by Gasteiger charge is 2.39. The molecule has 0 saturated heterocycles. The molecule has 0 aromatic heterocycles. The normalized spacial score (nSPS) is 19.3. The largest absolute Gasteiger partial charge is 0.493 e. The molecule has 42 heavy (non-hydrogen) atoms. The van der Waals surface area contributed by atoms with Gasteiger partial charge in [0, 0.05) is 51.1 Å². The fourth-order valence-electron chi connectivity index (χ4n) is 5.76. The van der Waals surface area contributed by atoms with Crippen molar-refractivity contribution in [2.75, 3.05) is 34.0 Å². The van der Waals surface area contributed by atoms with Crippen LogP contribution in [0.5, 0.6) is 11.5 Å². The first-order chi connectivity index (χ1) is 19.4. The Balaban J connectivity index is 0.00000882. The molecule has 0 bridgehead atoms. The number of benzene rings is 1. The molecule has 0 unspecified atom stereocenters. The van der Waals surface area contributed by atoms with Crippen LogP contribution in [0.3, 0.4) is 0 Å². The number of halogens is 1. The van der Waals surface area contributed by atoms with E-state index in [1.165, 1.54) is 0 Å². The molecular formula is C32H56ClN3O6. The van der Waals surface area contributed by atoms with E-state index >= 15 is 0 Å². The number of nitrogens with one attached hydrogen (secondary N) is 2. The predicted molar refractivity (Wildman–Crippen MR) is 169 cm³/mol. The first-order valence-electron chi connectivity index (χ1n) is 15.2. The molecule has 1 aromatic rings. The molecule has 0 heterocycles. The van der Waals surface area contributed by atoms with Gasteiger partial charge in [-0.15, -0.1) is 12.4 Å². The number of hydrogen-bond donors (Lipinski definition) is 4. The third-order valence-corrected chi connectivity index (χ3v) is 8.70. The zero-order valence-corrected chi connectivity index (χ0v) is 27.6. The number of aliphatic hydroxyl groups excluding tert-OH is 1. The fraction of sp³-hybridized carbons (Fsp3) is 0.750. The molecular weight excluding hydrogens is 558 g/mol. The second-order valence-corrected chi connectivity index (χ2v) is 12.5. The van der Waals surface area contributed by atoms with Crippen LogP contribution in [-0.2, 0) is 20.7 Å². The summed E-state index contributed by atoms with van der Waals surface area (Å²) in [4.78, 5) is 24.5.